The second kappa shape index (κ2) is 6.13. The molecule has 0 spiro atoms. The highest BCUT2D eigenvalue weighted by atomic mass is 32.2. The van der Waals surface area contributed by atoms with E-state index in [9.17, 15) is 8.42 Å². The molecule has 0 fully saturated rings. The number of aryl methyl sites for hydroxylation is 2. The molecule has 1 aromatic rings. The number of nitrogens with zero attached hydrogens (tertiary/aromatic N) is 3. The van der Waals surface area contributed by atoms with Crippen molar-refractivity contribution in [3.05, 3.63) is 17.6 Å². The maximum absolute atomic E-state index is 11.2. The van der Waals surface area contributed by atoms with Crippen LogP contribution in [-0.2, 0) is 16.3 Å². The normalized spacial score (nSPS) is 11.6. The maximum Gasteiger partial charge on any atom is 0.149 e. The highest BCUT2D eigenvalue weighted by Gasteiger charge is 2.11. The van der Waals surface area contributed by atoms with Crippen molar-refractivity contribution in [2.75, 3.05) is 30.0 Å². The Hall–Kier alpha value is -1.17. The van der Waals surface area contributed by atoms with Crippen LogP contribution in [0.1, 0.15) is 25.4 Å². The van der Waals surface area contributed by atoms with E-state index >= 15 is 0 Å². The molecule has 0 aliphatic rings. The van der Waals surface area contributed by atoms with Crippen LogP contribution in [0.5, 0.6) is 0 Å². The van der Waals surface area contributed by atoms with Gasteiger partial charge < -0.3 is 4.90 Å². The lowest BCUT2D eigenvalue weighted by Gasteiger charge is -2.22. The predicted octanol–water partition coefficient (Wildman–Crippen LogP) is 1.22. The summed E-state index contributed by atoms with van der Waals surface area (Å²) in [5.41, 5.74) is 0.982. The topological polar surface area (TPSA) is 63.2 Å². The Kier molecular flexibility index (Phi) is 5.07. The molecule has 0 saturated carbocycles. The molecule has 0 radical (unpaired) electrons. The van der Waals surface area contributed by atoms with E-state index in [0.717, 1.165) is 30.3 Å². The lowest BCUT2D eigenvalue weighted by molar-refractivity contribution is 0.600. The first-order valence-corrected chi connectivity index (χ1v) is 8.19. The molecule has 1 heterocycles. The number of anilines is 1. The van der Waals surface area contributed by atoms with Gasteiger partial charge in [0, 0.05) is 31.1 Å². The summed E-state index contributed by atoms with van der Waals surface area (Å²) in [4.78, 5) is 10.7. The molecule has 0 bridgehead atoms. The van der Waals surface area contributed by atoms with Gasteiger partial charge in [0.2, 0.25) is 0 Å². The molecular formula is C12H21N3O2S. The molecular weight excluding hydrogens is 250 g/mol. The van der Waals surface area contributed by atoms with Crippen LogP contribution in [0.4, 0.5) is 5.82 Å². The molecule has 0 aliphatic carbocycles. The molecule has 5 nitrogen and oxygen atoms in total. The zero-order valence-electron chi connectivity index (χ0n) is 11.5. The van der Waals surface area contributed by atoms with Crippen LogP contribution in [0.2, 0.25) is 0 Å². The molecule has 0 unspecified atom stereocenters. The minimum Gasteiger partial charge on any atom is -0.356 e. The number of rotatable bonds is 6. The summed E-state index contributed by atoms with van der Waals surface area (Å²) >= 11 is 0. The van der Waals surface area contributed by atoms with Crippen molar-refractivity contribution in [2.45, 2.75) is 27.2 Å². The maximum atomic E-state index is 11.2. The predicted molar refractivity (Wildman–Crippen MR) is 73.7 cm³/mol. The summed E-state index contributed by atoms with van der Waals surface area (Å²) in [5.74, 6) is 1.68. The Morgan fingerprint density at radius 1 is 1.28 bits per heavy atom. The van der Waals surface area contributed by atoms with E-state index in [1.54, 1.807) is 0 Å². The molecule has 0 aromatic carbocycles. The van der Waals surface area contributed by atoms with Crippen molar-refractivity contribution >= 4 is 15.7 Å². The van der Waals surface area contributed by atoms with Crippen molar-refractivity contribution < 1.29 is 8.42 Å². The number of hydrogen-bond acceptors (Lipinski definition) is 5. The standard InChI is InChI=1S/C12H21N3O2S/c1-5-11-9-12(14-10(3)13-11)15(6-2)7-8-18(4,16)17/h9H,5-8H2,1-4H3. The second-order valence-corrected chi connectivity index (χ2v) is 6.59. The van der Waals surface area contributed by atoms with Crippen LogP contribution in [0, 0.1) is 6.92 Å². The van der Waals surface area contributed by atoms with Gasteiger partial charge in [-0.25, -0.2) is 18.4 Å². The highest BCUT2D eigenvalue weighted by Crippen LogP contribution is 2.13. The van der Waals surface area contributed by atoms with Crippen LogP contribution in [0.25, 0.3) is 0 Å². The first-order valence-electron chi connectivity index (χ1n) is 6.13. The minimum atomic E-state index is -2.95. The van der Waals surface area contributed by atoms with Crippen LogP contribution >= 0.6 is 0 Å². The van der Waals surface area contributed by atoms with Gasteiger partial charge >= 0.3 is 0 Å². The summed E-state index contributed by atoms with van der Waals surface area (Å²) in [6.07, 6.45) is 2.10. The molecule has 102 valence electrons. The molecule has 6 heteroatoms. The number of hydrogen-bond donors (Lipinski definition) is 0. The fourth-order valence-electron chi connectivity index (χ4n) is 1.67. The van der Waals surface area contributed by atoms with Gasteiger partial charge in [0.25, 0.3) is 0 Å². The fraction of sp³-hybridized carbons (Fsp3) is 0.667. The molecule has 0 amide bonds. The van der Waals surface area contributed by atoms with Crippen LogP contribution < -0.4 is 4.90 Å². The average Bonchev–Trinajstić information content (AvgIpc) is 2.27. The Labute approximate surface area is 109 Å². The summed E-state index contributed by atoms with van der Waals surface area (Å²) in [6.45, 7) is 7.08. The van der Waals surface area contributed by atoms with Gasteiger partial charge in [0.15, 0.2) is 0 Å². The van der Waals surface area contributed by atoms with Crippen LogP contribution in [-0.4, -0.2) is 43.5 Å². The van der Waals surface area contributed by atoms with Gasteiger partial charge in [-0.15, -0.1) is 0 Å². The number of aromatic nitrogens is 2. The van der Waals surface area contributed by atoms with Gasteiger partial charge in [-0.1, -0.05) is 6.92 Å². The fourth-order valence-corrected chi connectivity index (χ4v) is 2.22. The molecule has 0 atom stereocenters. The van der Waals surface area contributed by atoms with Crippen molar-refractivity contribution in [3.8, 4) is 0 Å². The van der Waals surface area contributed by atoms with Gasteiger partial charge in [0.1, 0.15) is 21.5 Å². The van der Waals surface area contributed by atoms with E-state index in [1.165, 1.54) is 6.26 Å². The van der Waals surface area contributed by atoms with Crippen molar-refractivity contribution in [3.63, 3.8) is 0 Å². The SMILES string of the molecule is CCc1cc(N(CC)CCS(C)(=O)=O)nc(C)n1. The largest absolute Gasteiger partial charge is 0.356 e. The summed E-state index contributed by atoms with van der Waals surface area (Å²) in [5, 5.41) is 0. The molecule has 1 rings (SSSR count). The Morgan fingerprint density at radius 3 is 2.44 bits per heavy atom. The molecule has 18 heavy (non-hydrogen) atoms. The molecule has 0 N–H and O–H groups in total. The molecule has 0 saturated heterocycles. The average molecular weight is 271 g/mol. The van der Waals surface area contributed by atoms with E-state index in [1.807, 2.05) is 31.7 Å². The highest BCUT2D eigenvalue weighted by molar-refractivity contribution is 7.90. The lowest BCUT2D eigenvalue weighted by Crippen LogP contribution is -2.30. The zero-order chi connectivity index (χ0) is 13.8. The van der Waals surface area contributed by atoms with Crippen LogP contribution in [0.3, 0.4) is 0 Å². The molecule has 1 aromatic heterocycles. The van der Waals surface area contributed by atoms with E-state index in [0.29, 0.717) is 6.54 Å². The smallest absolute Gasteiger partial charge is 0.149 e. The third kappa shape index (κ3) is 4.60. The zero-order valence-corrected chi connectivity index (χ0v) is 12.3. The minimum absolute atomic E-state index is 0.144. The third-order valence-electron chi connectivity index (χ3n) is 2.68. The van der Waals surface area contributed by atoms with Crippen molar-refractivity contribution in [1.29, 1.82) is 0 Å². The van der Waals surface area contributed by atoms with E-state index in [4.69, 9.17) is 0 Å². The summed E-state index contributed by atoms with van der Waals surface area (Å²) < 4.78 is 22.4. The summed E-state index contributed by atoms with van der Waals surface area (Å²) in [6, 6.07) is 1.93. The monoisotopic (exact) mass is 271 g/mol. The lowest BCUT2D eigenvalue weighted by atomic mass is 10.3. The van der Waals surface area contributed by atoms with Crippen LogP contribution in [0.15, 0.2) is 6.07 Å². The van der Waals surface area contributed by atoms with Gasteiger partial charge in [-0.3, -0.25) is 0 Å². The Morgan fingerprint density at radius 2 is 1.94 bits per heavy atom. The van der Waals surface area contributed by atoms with Gasteiger partial charge in [-0.05, 0) is 20.3 Å². The number of sulfone groups is 1. The summed E-state index contributed by atoms with van der Waals surface area (Å²) in [7, 11) is -2.95. The quantitative estimate of drug-likeness (QED) is 0.778. The third-order valence-corrected chi connectivity index (χ3v) is 3.60. The van der Waals surface area contributed by atoms with E-state index in [-0.39, 0.29) is 5.75 Å². The first-order chi connectivity index (χ1) is 8.35. The Bertz CT molecular complexity index is 500. The first kappa shape index (κ1) is 14.9. The second-order valence-electron chi connectivity index (χ2n) is 4.33. The molecule has 0 aliphatic heterocycles. The Balaban J connectivity index is 2.91. The van der Waals surface area contributed by atoms with Crippen molar-refractivity contribution in [1.82, 2.24) is 9.97 Å². The van der Waals surface area contributed by atoms with Gasteiger partial charge in [0.05, 0.1) is 5.75 Å². The van der Waals surface area contributed by atoms with E-state index < -0.39 is 9.84 Å². The van der Waals surface area contributed by atoms with E-state index in [2.05, 4.69) is 9.97 Å². The van der Waals surface area contributed by atoms with Crippen molar-refractivity contribution in [2.24, 2.45) is 0 Å². The van der Waals surface area contributed by atoms with Gasteiger partial charge in [-0.2, -0.15) is 0 Å².